The predicted octanol–water partition coefficient (Wildman–Crippen LogP) is 3.06. The van der Waals surface area contributed by atoms with Gasteiger partial charge in [-0.05, 0) is 60.2 Å². The standard InChI is InChI=1S/C14H16Br2O/c15-11-4-1-3-2-5-8-6(3)7(4)10-9(8)12(16)13(5)17-14(10)11/h3-14H,1-2H2/t3-,4+,5-,6-,7+,8-,9-,10+,11-,12-,13+,14-/m1/s1. The molecule has 0 aromatic rings. The minimum absolute atomic E-state index is 0.552. The van der Waals surface area contributed by atoms with Gasteiger partial charge in [-0.3, -0.25) is 0 Å². The van der Waals surface area contributed by atoms with Crippen molar-refractivity contribution in [1.29, 1.82) is 0 Å². The number of halogens is 2. The molecule has 6 fully saturated rings. The molecule has 0 unspecified atom stereocenters. The van der Waals surface area contributed by atoms with Crippen molar-refractivity contribution in [2.45, 2.75) is 34.7 Å². The van der Waals surface area contributed by atoms with Crippen molar-refractivity contribution in [3.8, 4) is 0 Å². The molecule has 0 amide bonds. The normalized spacial score (nSPS) is 80.8. The molecule has 0 radical (unpaired) electrons. The van der Waals surface area contributed by atoms with Crippen LogP contribution in [0.25, 0.3) is 0 Å². The molecule has 0 N–H and O–H groups in total. The van der Waals surface area contributed by atoms with E-state index in [1.807, 2.05) is 0 Å². The topological polar surface area (TPSA) is 9.23 Å². The maximum atomic E-state index is 6.56. The van der Waals surface area contributed by atoms with Crippen LogP contribution in [-0.4, -0.2) is 21.9 Å². The molecule has 0 aromatic carbocycles. The van der Waals surface area contributed by atoms with Gasteiger partial charge in [0.2, 0.25) is 0 Å². The molecule has 5 saturated carbocycles. The molecule has 0 spiro atoms. The second kappa shape index (κ2) is 2.69. The molecule has 12 atom stereocenters. The van der Waals surface area contributed by atoms with Gasteiger partial charge in [-0.1, -0.05) is 31.9 Å². The van der Waals surface area contributed by atoms with E-state index in [4.69, 9.17) is 4.74 Å². The van der Waals surface area contributed by atoms with Crippen LogP contribution in [0.3, 0.4) is 0 Å². The van der Waals surface area contributed by atoms with Crippen molar-refractivity contribution in [2.75, 3.05) is 0 Å². The second-order valence-corrected chi connectivity index (χ2v) is 9.51. The minimum atomic E-state index is 0.552. The lowest BCUT2D eigenvalue weighted by atomic mass is 9.85. The fourth-order valence-electron chi connectivity index (χ4n) is 7.47. The van der Waals surface area contributed by atoms with Crippen LogP contribution in [0.4, 0.5) is 0 Å². The zero-order valence-corrected chi connectivity index (χ0v) is 12.7. The van der Waals surface area contributed by atoms with Gasteiger partial charge in [-0.25, -0.2) is 0 Å². The lowest BCUT2D eigenvalue weighted by Crippen LogP contribution is -2.44. The number of hydrogen-bond acceptors (Lipinski definition) is 1. The Morgan fingerprint density at radius 2 is 1.47 bits per heavy atom. The van der Waals surface area contributed by atoms with Gasteiger partial charge in [0.25, 0.3) is 0 Å². The molecule has 1 heterocycles. The molecule has 3 heteroatoms. The van der Waals surface area contributed by atoms with Crippen molar-refractivity contribution < 1.29 is 4.74 Å². The van der Waals surface area contributed by atoms with Crippen LogP contribution in [0, 0.1) is 47.3 Å². The van der Waals surface area contributed by atoms with Gasteiger partial charge >= 0.3 is 0 Å². The van der Waals surface area contributed by atoms with Gasteiger partial charge in [0.1, 0.15) is 0 Å². The van der Waals surface area contributed by atoms with E-state index in [2.05, 4.69) is 31.9 Å². The van der Waals surface area contributed by atoms with Crippen molar-refractivity contribution in [2.24, 2.45) is 47.3 Å². The Balaban J connectivity index is 1.65. The first kappa shape index (κ1) is 9.77. The molecule has 17 heavy (non-hydrogen) atoms. The fraction of sp³-hybridized carbons (Fsp3) is 1.00. The Hall–Kier alpha value is 0.920. The molecular weight excluding hydrogens is 344 g/mol. The highest BCUT2D eigenvalue weighted by Gasteiger charge is 2.78. The summed E-state index contributed by atoms with van der Waals surface area (Å²) in [5, 5.41) is 0. The highest BCUT2D eigenvalue weighted by atomic mass is 79.9. The fourth-order valence-corrected chi connectivity index (χ4v) is 9.74. The van der Waals surface area contributed by atoms with Crippen LogP contribution in [0.5, 0.6) is 0 Å². The average Bonchev–Trinajstić information content (AvgIpc) is 2.99. The first-order chi connectivity index (χ1) is 8.27. The summed E-state index contributed by atoms with van der Waals surface area (Å²) in [6.45, 7) is 0. The van der Waals surface area contributed by atoms with E-state index in [0.717, 1.165) is 47.3 Å². The van der Waals surface area contributed by atoms with Gasteiger partial charge in [0.05, 0.1) is 12.2 Å². The van der Waals surface area contributed by atoms with Crippen molar-refractivity contribution in [3.05, 3.63) is 0 Å². The third-order valence-electron chi connectivity index (χ3n) is 7.43. The molecule has 1 saturated heterocycles. The molecule has 5 aliphatic carbocycles. The molecule has 0 aromatic heterocycles. The highest BCUT2D eigenvalue weighted by Crippen LogP contribution is 2.78. The quantitative estimate of drug-likeness (QED) is 0.604. The summed E-state index contributed by atoms with van der Waals surface area (Å²) in [7, 11) is 0. The van der Waals surface area contributed by atoms with Gasteiger partial charge in [0.15, 0.2) is 0 Å². The Bertz CT molecular complexity index is 424. The van der Waals surface area contributed by atoms with E-state index >= 15 is 0 Å². The van der Waals surface area contributed by atoms with Crippen LogP contribution >= 0.6 is 31.9 Å². The van der Waals surface area contributed by atoms with Crippen molar-refractivity contribution in [3.63, 3.8) is 0 Å². The molecular formula is C14H16Br2O. The largest absolute Gasteiger partial charge is 0.372 e. The minimum Gasteiger partial charge on any atom is -0.372 e. The van der Waals surface area contributed by atoms with E-state index in [9.17, 15) is 0 Å². The number of hydrogen-bond donors (Lipinski definition) is 0. The van der Waals surface area contributed by atoms with Gasteiger partial charge in [0, 0.05) is 9.65 Å². The van der Waals surface area contributed by atoms with Crippen LogP contribution in [0.2, 0.25) is 0 Å². The summed E-state index contributed by atoms with van der Waals surface area (Å²) in [5.74, 6) is 7.96. The lowest BCUT2D eigenvalue weighted by molar-refractivity contribution is -0.0743. The van der Waals surface area contributed by atoms with Gasteiger partial charge in [-0.2, -0.15) is 0 Å². The Labute approximate surface area is 118 Å². The zero-order chi connectivity index (χ0) is 11.0. The van der Waals surface area contributed by atoms with Gasteiger partial charge < -0.3 is 4.74 Å². The van der Waals surface area contributed by atoms with Crippen LogP contribution in [-0.2, 0) is 4.74 Å². The number of alkyl halides is 2. The second-order valence-electron chi connectivity index (χ2n) is 7.40. The predicted molar refractivity (Wildman–Crippen MR) is 71.2 cm³/mol. The Morgan fingerprint density at radius 1 is 0.706 bits per heavy atom. The zero-order valence-electron chi connectivity index (χ0n) is 9.51. The SMILES string of the molecule is Br[C@@H]1[C@H]2C[C@@H]3C[C@H]4[C@@H]5O[C@@H]1[C@@H]1[C@H]([C@H]5Br)[C@H]4[C@H]3[C@H]21. The van der Waals surface area contributed by atoms with E-state index in [0.29, 0.717) is 21.9 Å². The monoisotopic (exact) mass is 358 g/mol. The van der Waals surface area contributed by atoms with Crippen LogP contribution < -0.4 is 0 Å². The van der Waals surface area contributed by atoms with E-state index < -0.39 is 0 Å². The molecule has 2 bridgehead atoms. The molecule has 6 aliphatic rings. The smallest absolute Gasteiger partial charge is 0.0741 e. The van der Waals surface area contributed by atoms with E-state index in [1.165, 1.54) is 12.8 Å². The first-order valence-corrected chi connectivity index (χ1v) is 9.04. The first-order valence-electron chi connectivity index (χ1n) is 7.21. The summed E-state index contributed by atoms with van der Waals surface area (Å²) in [4.78, 5) is 1.36. The maximum absolute atomic E-state index is 6.56. The molecule has 1 aliphatic heterocycles. The van der Waals surface area contributed by atoms with Gasteiger partial charge in [-0.15, -0.1) is 0 Å². The van der Waals surface area contributed by atoms with E-state index in [-0.39, 0.29) is 0 Å². The van der Waals surface area contributed by atoms with Crippen LogP contribution in [0.15, 0.2) is 0 Å². The maximum Gasteiger partial charge on any atom is 0.0741 e. The Kier molecular flexibility index (Phi) is 1.55. The molecule has 92 valence electrons. The number of rotatable bonds is 0. The van der Waals surface area contributed by atoms with Crippen LogP contribution in [0.1, 0.15) is 12.8 Å². The highest BCUT2D eigenvalue weighted by molar-refractivity contribution is 9.09. The summed E-state index contributed by atoms with van der Waals surface area (Å²) in [6, 6.07) is 0. The average molecular weight is 360 g/mol. The summed E-state index contributed by atoms with van der Waals surface area (Å²) in [5.41, 5.74) is 0. The Morgan fingerprint density at radius 3 is 2.35 bits per heavy atom. The summed E-state index contributed by atoms with van der Waals surface area (Å²) < 4.78 is 6.56. The van der Waals surface area contributed by atoms with E-state index in [1.54, 1.807) is 0 Å². The lowest BCUT2D eigenvalue weighted by Gasteiger charge is -2.37. The summed E-state index contributed by atoms with van der Waals surface area (Å²) in [6.07, 6.45) is 4.12. The van der Waals surface area contributed by atoms with Crippen molar-refractivity contribution in [1.82, 2.24) is 0 Å². The number of fused-ring (bicyclic) bond motifs is 2. The third kappa shape index (κ3) is 0.793. The molecule has 1 nitrogen and oxygen atoms in total. The third-order valence-corrected chi connectivity index (χ3v) is 9.76. The number of ether oxygens (including phenoxy) is 1. The van der Waals surface area contributed by atoms with Crippen molar-refractivity contribution >= 4 is 31.9 Å². The summed E-state index contributed by atoms with van der Waals surface area (Å²) >= 11 is 8.01. The molecule has 6 rings (SSSR count).